The highest BCUT2D eigenvalue weighted by Gasteiger charge is 2.37. The van der Waals surface area contributed by atoms with Crippen molar-refractivity contribution in [1.29, 1.82) is 0 Å². The Kier molecular flexibility index (Phi) is 5.54. The quantitative estimate of drug-likeness (QED) is 0.727. The van der Waals surface area contributed by atoms with Crippen molar-refractivity contribution in [2.75, 3.05) is 0 Å². The fourth-order valence-corrected chi connectivity index (χ4v) is 2.62. The van der Waals surface area contributed by atoms with Gasteiger partial charge in [0, 0.05) is 0 Å². The predicted octanol–water partition coefficient (Wildman–Crippen LogP) is 4.58. The molecule has 0 fully saturated rings. The van der Waals surface area contributed by atoms with E-state index in [1.54, 1.807) is 12.4 Å². The second-order valence-electron chi connectivity index (χ2n) is 7.16. The predicted molar refractivity (Wildman–Crippen MR) is 94.8 cm³/mol. The van der Waals surface area contributed by atoms with Crippen LogP contribution in [-0.2, 0) is 17.6 Å². The van der Waals surface area contributed by atoms with E-state index in [1.807, 2.05) is 30.3 Å². The lowest BCUT2D eigenvalue weighted by molar-refractivity contribution is 0.265. The van der Waals surface area contributed by atoms with E-state index < -0.39 is 8.32 Å². The lowest BCUT2D eigenvalue weighted by atomic mass is 10.2. The number of aromatic nitrogens is 2. The van der Waals surface area contributed by atoms with E-state index in [2.05, 4.69) is 43.8 Å². The van der Waals surface area contributed by atoms with E-state index in [0.717, 1.165) is 5.56 Å². The van der Waals surface area contributed by atoms with Crippen LogP contribution in [0.5, 0.6) is 5.75 Å². The van der Waals surface area contributed by atoms with Crippen molar-refractivity contribution >= 4 is 8.32 Å². The fourth-order valence-electron chi connectivity index (χ4n) is 1.69. The Balaban J connectivity index is 1.87. The van der Waals surface area contributed by atoms with Crippen LogP contribution in [0, 0.1) is 0 Å². The minimum absolute atomic E-state index is 0.186. The number of benzene rings is 1. The molecule has 4 nitrogen and oxygen atoms in total. The zero-order chi connectivity index (χ0) is 16.9. The summed E-state index contributed by atoms with van der Waals surface area (Å²) in [6.45, 7) is 12.1. The van der Waals surface area contributed by atoms with Crippen LogP contribution >= 0.6 is 0 Å². The van der Waals surface area contributed by atoms with Crippen molar-refractivity contribution < 1.29 is 9.16 Å². The number of hydrogen-bond donors (Lipinski definition) is 0. The van der Waals surface area contributed by atoms with Crippen molar-refractivity contribution in [3.05, 3.63) is 54.1 Å². The van der Waals surface area contributed by atoms with E-state index in [4.69, 9.17) is 9.16 Å². The summed E-state index contributed by atoms with van der Waals surface area (Å²) in [7, 11) is -1.77. The molecule has 0 saturated carbocycles. The Morgan fingerprint density at radius 2 is 1.57 bits per heavy atom. The molecule has 23 heavy (non-hydrogen) atoms. The van der Waals surface area contributed by atoms with Crippen LogP contribution in [0.4, 0.5) is 0 Å². The smallest absolute Gasteiger partial charge is 0.192 e. The lowest BCUT2D eigenvalue weighted by Gasteiger charge is -2.35. The fraction of sp³-hybridized carbons (Fsp3) is 0.444. The highest BCUT2D eigenvalue weighted by Crippen LogP contribution is 2.36. The molecule has 0 radical (unpaired) electrons. The topological polar surface area (TPSA) is 44.2 Å². The maximum absolute atomic E-state index is 6.12. The molecule has 0 atom stereocenters. The van der Waals surface area contributed by atoms with Crippen molar-refractivity contribution in [1.82, 2.24) is 9.97 Å². The normalized spacial score (nSPS) is 12.2. The molecule has 0 saturated heterocycles. The molecule has 0 spiro atoms. The van der Waals surface area contributed by atoms with Gasteiger partial charge in [-0.2, -0.15) is 0 Å². The minimum atomic E-state index is -1.77. The second kappa shape index (κ2) is 7.23. The van der Waals surface area contributed by atoms with E-state index in [0.29, 0.717) is 24.8 Å². The molecule has 0 aliphatic rings. The van der Waals surface area contributed by atoms with E-state index in [-0.39, 0.29) is 5.04 Å². The van der Waals surface area contributed by atoms with E-state index in [9.17, 15) is 0 Å². The Bertz CT molecular complexity index is 607. The first-order valence-corrected chi connectivity index (χ1v) is 10.8. The SMILES string of the molecule is CC(C)(C)[Si](C)(C)OCc1ncc(OCc2ccccc2)cn1. The van der Waals surface area contributed by atoms with Gasteiger partial charge >= 0.3 is 0 Å². The van der Waals surface area contributed by atoms with Gasteiger partial charge in [0.1, 0.15) is 6.61 Å². The van der Waals surface area contributed by atoms with Crippen molar-refractivity contribution in [2.45, 2.75) is 52.1 Å². The number of rotatable bonds is 6. The van der Waals surface area contributed by atoms with E-state index in [1.165, 1.54) is 0 Å². The summed E-state index contributed by atoms with van der Waals surface area (Å²) in [5, 5.41) is 0.186. The van der Waals surface area contributed by atoms with Crippen molar-refractivity contribution in [2.24, 2.45) is 0 Å². The Labute approximate surface area is 140 Å². The first-order chi connectivity index (χ1) is 10.8. The van der Waals surface area contributed by atoms with Gasteiger partial charge in [0.05, 0.1) is 19.0 Å². The summed E-state index contributed by atoms with van der Waals surface area (Å²) < 4.78 is 11.8. The van der Waals surface area contributed by atoms with Crippen LogP contribution in [0.25, 0.3) is 0 Å². The summed E-state index contributed by atoms with van der Waals surface area (Å²) in [5.41, 5.74) is 1.12. The molecule has 1 aromatic carbocycles. The summed E-state index contributed by atoms with van der Waals surface area (Å²) in [6.07, 6.45) is 3.42. The molecule has 5 heteroatoms. The zero-order valence-electron chi connectivity index (χ0n) is 14.7. The largest absolute Gasteiger partial charge is 0.486 e. The molecule has 124 valence electrons. The first-order valence-electron chi connectivity index (χ1n) is 7.89. The average Bonchev–Trinajstić information content (AvgIpc) is 2.52. The lowest BCUT2D eigenvalue weighted by Crippen LogP contribution is -2.40. The molecular weight excluding hydrogens is 304 g/mol. The average molecular weight is 331 g/mol. The third-order valence-electron chi connectivity index (χ3n) is 4.30. The Hall–Kier alpha value is -1.72. The van der Waals surface area contributed by atoms with Gasteiger partial charge in [0.2, 0.25) is 0 Å². The molecule has 2 rings (SSSR count). The van der Waals surface area contributed by atoms with Crippen LogP contribution in [-0.4, -0.2) is 18.3 Å². The first kappa shape index (κ1) is 17.6. The van der Waals surface area contributed by atoms with Gasteiger partial charge in [-0.1, -0.05) is 51.1 Å². The van der Waals surface area contributed by atoms with Crippen molar-refractivity contribution in [3.63, 3.8) is 0 Å². The molecule has 0 aliphatic carbocycles. The molecule has 2 aromatic rings. The van der Waals surface area contributed by atoms with Crippen LogP contribution in [0.2, 0.25) is 18.1 Å². The van der Waals surface area contributed by atoms with Gasteiger partial charge in [-0.25, -0.2) is 9.97 Å². The third kappa shape index (κ3) is 5.15. The van der Waals surface area contributed by atoms with Crippen LogP contribution in [0.1, 0.15) is 32.2 Å². The molecule has 0 unspecified atom stereocenters. The summed E-state index contributed by atoms with van der Waals surface area (Å²) in [6, 6.07) is 10.0. The van der Waals surface area contributed by atoms with Crippen LogP contribution in [0.3, 0.4) is 0 Å². The molecule has 0 N–H and O–H groups in total. The van der Waals surface area contributed by atoms with Gasteiger partial charge in [-0.05, 0) is 23.7 Å². The van der Waals surface area contributed by atoms with Gasteiger partial charge in [0.15, 0.2) is 19.9 Å². The van der Waals surface area contributed by atoms with Crippen LogP contribution in [0.15, 0.2) is 42.7 Å². The number of nitrogens with zero attached hydrogens (tertiary/aromatic N) is 2. The maximum atomic E-state index is 6.12. The highest BCUT2D eigenvalue weighted by atomic mass is 28.4. The standard InChI is InChI=1S/C18H26N2O2Si/c1-18(2,3)23(4,5)22-14-17-19-11-16(12-20-17)21-13-15-9-7-6-8-10-15/h6-12H,13-14H2,1-5H3. The van der Waals surface area contributed by atoms with Gasteiger partial charge in [0.25, 0.3) is 0 Å². The van der Waals surface area contributed by atoms with Gasteiger partial charge in [-0.3, -0.25) is 0 Å². The highest BCUT2D eigenvalue weighted by molar-refractivity contribution is 6.74. The number of hydrogen-bond acceptors (Lipinski definition) is 4. The molecule has 0 aliphatic heterocycles. The summed E-state index contributed by atoms with van der Waals surface area (Å²) in [5.74, 6) is 1.37. The van der Waals surface area contributed by atoms with Gasteiger partial charge in [-0.15, -0.1) is 0 Å². The summed E-state index contributed by atoms with van der Waals surface area (Å²) >= 11 is 0. The zero-order valence-corrected chi connectivity index (χ0v) is 15.7. The van der Waals surface area contributed by atoms with Crippen molar-refractivity contribution in [3.8, 4) is 5.75 Å². The second-order valence-corrected chi connectivity index (χ2v) is 12.0. The monoisotopic (exact) mass is 330 g/mol. The molecule has 0 bridgehead atoms. The molecule has 1 heterocycles. The minimum Gasteiger partial charge on any atom is -0.486 e. The van der Waals surface area contributed by atoms with Gasteiger partial charge < -0.3 is 9.16 Å². The Morgan fingerprint density at radius 3 is 2.13 bits per heavy atom. The molecule has 0 amide bonds. The van der Waals surface area contributed by atoms with E-state index >= 15 is 0 Å². The summed E-state index contributed by atoms with van der Waals surface area (Å²) in [4.78, 5) is 8.67. The maximum Gasteiger partial charge on any atom is 0.192 e. The molecular formula is C18H26N2O2Si. The van der Waals surface area contributed by atoms with Crippen LogP contribution < -0.4 is 4.74 Å². The number of ether oxygens (including phenoxy) is 1. The Morgan fingerprint density at radius 1 is 0.957 bits per heavy atom. The third-order valence-corrected chi connectivity index (χ3v) is 8.78. The molecule has 1 aromatic heterocycles.